The Hall–Kier alpha value is -1.48. The van der Waals surface area contributed by atoms with Crippen LogP contribution in [0.1, 0.15) is 0 Å². The number of hydrogen-bond acceptors (Lipinski definition) is 3. The van der Waals surface area contributed by atoms with E-state index in [1.807, 2.05) is 0 Å². The minimum Gasteiger partial charge on any atom is -0.466 e. The number of ether oxygens (including phenoxy) is 1. The van der Waals surface area contributed by atoms with Crippen LogP contribution in [-0.2, 0) is 9.53 Å². The molecule has 0 atom stereocenters. The minimum atomic E-state index is -0.539. The van der Waals surface area contributed by atoms with Gasteiger partial charge in [0.05, 0.1) is 7.11 Å². The van der Waals surface area contributed by atoms with Gasteiger partial charge in [-0.2, -0.15) is 0 Å². The summed E-state index contributed by atoms with van der Waals surface area (Å²) in [6.07, 6.45) is 2.05. The van der Waals surface area contributed by atoms with Gasteiger partial charge in [-0.05, 0) is 5.53 Å². The first-order chi connectivity index (χ1) is 4.31. The van der Waals surface area contributed by atoms with Crippen LogP contribution in [0.15, 0.2) is 17.4 Å². The van der Waals surface area contributed by atoms with Crippen molar-refractivity contribution in [1.29, 1.82) is 0 Å². The fraction of sp³-hybridized carbons (Fsp3) is 0.250. The Morgan fingerprint density at radius 2 is 2.56 bits per heavy atom. The second-order valence-corrected chi connectivity index (χ2v) is 1.04. The smallest absolute Gasteiger partial charge is 0.330 e. The third-order valence-electron chi connectivity index (χ3n) is 0.530. The van der Waals surface area contributed by atoms with E-state index in [-0.39, 0.29) is 0 Å². The lowest BCUT2D eigenvalue weighted by Crippen LogP contribution is -1.92. The summed E-state index contributed by atoms with van der Waals surface area (Å²) in [5, 5.41) is 2.96. The summed E-state index contributed by atoms with van der Waals surface area (Å²) < 4.78 is 4.19. The quantitative estimate of drug-likeness (QED) is 0.182. The van der Waals surface area contributed by atoms with Gasteiger partial charge < -0.3 is 4.74 Å². The molecule has 0 saturated carbocycles. The van der Waals surface area contributed by atoms with Crippen LogP contribution in [0.5, 0.6) is 0 Å². The van der Waals surface area contributed by atoms with Gasteiger partial charge >= 0.3 is 5.97 Å². The molecule has 0 aromatic heterocycles. The molecule has 0 aliphatic rings. The molecule has 0 saturated heterocycles. The molecule has 9 heavy (non-hydrogen) atoms. The molecule has 0 aromatic carbocycles. The fourth-order valence-corrected chi connectivity index (χ4v) is 0.192. The summed E-state index contributed by atoms with van der Waals surface area (Å²) in [5.74, 6) is -0.539. The molecule has 0 bridgehead atoms. The van der Waals surface area contributed by atoms with Crippen molar-refractivity contribution >= 4 is 5.97 Å². The first-order valence-electron chi connectivity index (χ1n) is 2.10. The minimum absolute atomic E-state index is 0.539. The zero-order chi connectivity index (χ0) is 7.11. The Labute approximate surface area is 51.6 Å². The number of hydrogen-bond donors (Lipinski definition) is 0. The van der Waals surface area contributed by atoms with Gasteiger partial charge in [0.15, 0.2) is 0 Å². The molecule has 0 unspecified atom stereocenters. The van der Waals surface area contributed by atoms with Crippen LogP contribution in [-0.4, -0.2) is 13.1 Å². The highest BCUT2D eigenvalue weighted by atomic mass is 16.5. The van der Waals surface area contributed by atoms with Gasteiger partial charge in [-0.1, -0.05) is 5.11 Å². The normalized spacial score (nSPS) is 8.56. The Morgan fingerprint density at radius 3 is 3.00 bits per heavy atom. The standard InChI is InChI=1S/C4H5N3O2/c1-9-4(8)2-3-6-7-5/h2-3H,1H3/b3-2+. The van der Waals surface area contributed by atoms with Crippen molar-refractivity contribution in [3.63, 3.8) is 0 Å². The van der Waals surface area contributed by atoms with Gasteiger partial charge in [0.25, 0.3) is 0 Å². The average Bonchev–Trinajstić information content (AvgIpc) is 1.89. The highest BCUT2D eigenvalue weighted by Gasteiger charge is 1.85. The zero-order valence-corrected chi connectivity index (χ0v) is 4.81. The molecule has 48 valence electrons. The van der Waals surface area contributed by atoms with Gasteiger partial charge in [-0.25, -0.2) is 4.79 Å². The summed E-state index contributed by atoms with van der Waals surface area (Å²) in [6, 6.07) is 0. The first kappa shape index (κ1) is 7.52. The molecule has 0 fully saturated rings. The molecule has 5 heteroatoms. The Balaban J connectivity index is 3.70. The topological polar surface area (TPSA) is 75.1 Å². The SMILES string of the molecule is COC(=O)/C=C/N=[N+]=[N-]. The van der Waals surface area contributed by atoms with Crippen LogP contribution in [0.3, 0.4) is 0 Å². The van der Waals surface area contributed by atoms with E-state index in [9.17, 15) is 4.79 Å². The fourth-order valence-electron chi connectivity index (χ4n) is 0.192. The van der Waals surface area contributed by atoms with Gasteiger partial charge in [0, 0.05) is 17.2 Å². The number of rotatable bonds is 2. The maximum absolute atomic E-state index is 10.2. The van der Waals surface area contributed by atoms with Crippen LogP contribution >= 0.6 is 0 Å². The lowest BCUT2D eigenvalue weighted by molar-refractivity contribution is -0.134. The lowest BCUT2D eigenvalue weighted by Gasteiger charge is -1.84. The van der Waals surface area contributed by atoms with E-state index in [0.717, 1.165) is 12.3 Å². The van der Waals surface area contributed by atoms with Crippen molar-refractivity contribution in [2.45, 2.75) is 0 Å². The summed E-state index contributed by atoms with van der Waals surface area (Å²) in [5.41, 5.74) is 7.71. The van der Waals surface area contributed by atoms with E-state index < -0.39 is 5.97 Å². The maximum atomic E-state index is 10.2. The monoisotopic (exact) mass is 127 g/mol. The molecule has 0 aliphatic carbocycles. The predicted octanol–water partition coefficient (Wildman–Crippen LogP) is 0.983. The van der Waals surface area contributed by atoms with E-state index in [0.29, 0.717) is 0 Å². The molecule has 0 spiro atoms. The molecular weight excluding hydrogens is 122 g/mol. The molecule has 0 radical (unpaired) electrons. The summed E-state index contributed by atoms with van der Waals surface area (Å²) in [7, 11) is 1.24. The van der Waals surface area contributed by atoms with Crippen molar-refractivity contribution in [2.24, 2.45) is 5.11 Å². The molecule has 0 aliphatic heterocycles. The molecule has 0 N–H and O–H groups in total. The van der Waals surface area contributed by atoms with Gasteiger partial charge in [-0.3, -0.25) is 0 Å². The number of carbonyl (C=O) groups is 1. The first-order valence-corrected chi connectivity index (χ1v) is 2.10. The van der Waals surface area contributed by atoms with E-state index >= 15 is 0 Å². The average molecular weight is 127 g/mol. The molecule has 5 nitrogen and oxygen atoms in total. The maximum Gasteiger partial charge on any atom is 0.330 e. The predicted molar refractivity (Wildman–Crippen MR) is 30.3 cm³/mol. The van der Waals surface area contributed by atoms with Gasteiger partial charge in [-0.15, -0.1) is 0 Å². The number of nitrogens with zero attached hydrogens (tertiary/aromatic N) is 3. The molecular formula is C4H5N3O2. The van der Waals surface area contributed by atoms with Crippen LogP contribution < -0.4 is 0 Å². The van der Waals surface area contributed by atoms with Gasteiger partial charge in [0.2, 0.25) is 0 Å². The van der Waals surface area contributed by atoms with Crippen LogP contribution in [0.2, 0.25) is 0 Å². The Kier molecular flexibility index (Phi) is 3.90. The lowest BCUT2D eigenvalue weighted by atomic mass is 10.6. The third-order valence-corrected chi connectivity index (χ3v) is 0.530. The molecule has 0 rings (SSSR count). The van der Waals surface area contributed by atoms with Crippen LogP contribution in [0.25, 0.3) is 10.4 Å². The number of carbonyl (C=O) groups excluding carboxylic acids is 1. The summed E-state index contributed by atoms with van der Waals surface area (Å²) >= 11 is 0. The summed E-state index contributed by atoms with van der Waals surface area (Å²) in [6.45, 7) is 0. The van der Waals surface area contributed by atoms with E-state index in [1.54, 1.807) is 0 Å². The van der Waals surface area contributed by atoms with Gasteiger partial charge in [0.1, 0.15) is 0 Å². The number of methoxy groups -OCH3 is 1. The highest BCUT2D eigenvalue weighted by molar-refractivity contribution is 5.81. The third kappa shape index (κ3) is 4.37. The Morgan fingerprint density at radius 1 is 1.89 bits per heavy atom. The highest BCUT2D eigenvalue weighted by Crippen LogP contribution is 1.78. The van der Waals surface area contributed by atoms with Crippen LogP contribution in [0, 0.1) is 0 Å². The second kappa shape index (κ2) is 4.67. The van der Waals surface area contributed by atoms with E-state index in [4.69, 9.17) is 5.53 Å². The van der Waals surface area contributed by atoms with Crippen LogP contribution in [0.4, 0.5) is 0 Å². The van der Waals surface area contributed by atoms with Crippen molar-refractivity contribution in [2.75, 3.05) is 7.11 Å². The molecule has 0 heterocycles. The summed E-state index contributed by atoms with van der Waals surface area (Å²) in [4.78, 5) is 12.6. The number of esters is 1. The largest absolute Gasteiger partial charge is 0.466 e. The van der Waals surface area contributed by atoms with Crippen molar-refractivity contribution in [3.8, 4) is 0 Å². The zero-order valence-electron chi connectivity index (χ0n) is 4.81. The second-order valence-electron chi connectivity index (χ2n) is 1.04. The van der Waals surface area contributed by atoms with Crippen molar-refractivity contribution in [3.05, 3.63) is 22.7 Å². The van der Waals surface area contributed by atoms with E-state index in [2.05, 4.69) is 14.8 Å². The van der Waals surface area contributed by atoms with E-state index in [1.165, 1.54) is 7.11 Å². The van der Waals surface area contributed by atoms with Crippen molar-refractivity contribution in [1.82, 2.24) is 0 Å². The molecule has 0 amide bonds. The number of azide groups is 1. The molecule has 0 aromatic rings. The van der Waals surface area contributed by atoms with Crippen molar-refractivity contribution < 1.29 is 9.53 Å². The Bertz CT molecular complexity index is 169.